The second-order valence-corrected chi connectivity index (χ2v) is 6.40. The normalized spacial score (nSPS) is 22.3. The number of carbonyl (C=O) groups is 2. The van der Waals surface area contributed by atoms with E-state index < -0.39 is 11.9 Å². The Bertz CT molecular complexity index is 546. The van der Waals surface area contributed by atoms with Crippen LogP contribution < -0.4 is 5.32 Å². The van der Waals surface area contributed by atoms with Crippen LogP contribution in [0.15, 0.2) is 24.3 Å². The number of halogens is 1. The van der Waals surface area contributed by atoms with Gasteiger partial charge in [0.15, 0.2) is 0 Å². The van der Waals surface area contributed by atoms with Crippen molar-refractivity contribution < 1.29 is 19.4 Å². The summed E-state index contributed by atoms with van der Waals surface area (Å²) in [5.41, 5.74) is 0.912. The Balaban J connectivity index is 2.02. The first kappa shape index (κ1) is 17.8. The number of hydrogen-bond donors (Lipinski definition) is 2. The van der Waals surface area contributed by atoms with Crippen LogP contribution in [-0.2, 0) is 14.3 Å². The molecule has 1 aromatic carbocycles. The zero-order valence-electron chi connectivity index (χ0n) is 13.1. The lowest BCUT2D eigenvalue weighted by Crippen LogP contribution is -2.38. The molecule has 2 rings (SSSR count). The molecule has 0 aliphatic heterocycles. The monoisotopic (exact) mass is 339 g/mol. The van der Waals surface area contributed by atoms with Crippen molar-refractivity contribution >= 4 is 23.5 Å². The second-order valence-electron chi connectivity index (χ2n) is 5.97. The minimum Gasteiger partial charge on any atom is -0.481 e. The van der Waals surface area contributed by atoms with E-state index in [-0.39, 0.29) is 17.9 Å². The average molecular weight is 340 g/mol. The standard InChI is InChI=1S/C17H22ClNO4/c1-23-10-15(11-5-7-14(18)8-6-11)19-16(20)12-3-2-4-13(9-12)17(21)22/h5-8,12-13,15H,2-4,9-10H2,1H3,(H,19,20)(H,21,22). The first-order valence-electron chi connectivity index (χ1n) is 7.79. The van der Waals surface area contributed by atoms with Crippen molar-refractivity contribution in [2.24, 2.45) is 11.8 Å². The van der Waals surface area contributed by atoms with Crippen LogP contribution in [0, 0.1) is 11.8 Å². The first-order chi connectivity index (χ1) is 11.0. The van der Waals surface area contributed by atoms with E-state index in [2.05, 4.69) is 5.32 Å². The van der Waals surface area contributed by atoms with Crippen LogP contribution in [-0.4, -0.2) is 30.7 Å². The van der Waals surface area contributed by atoms with Gasteiger partial charge in [-0.2, -0.15) is 0 Å². The van der Waals surface area contributed by atoms with Gasteiger partial charge in [0.25, 0.3) is 0 Å². The molecule has 3 atom stereocenters. The third-order valence-electron chi connectivity index (χ3n) is 4.32. The second kappa shape index (κ2) is 8.31. The summed E-state index contributed by atoms with van der Waals surface area (Å²) in [4.78, 5) is 23.6. The summed E-state index contributed by atoms with van der Waals surface area (Å²) in [6.07, 6.45) is 2.56. The first-order valence-corrected chi connectivity index (χ1v) is 8.16. The molecule has 0 heterocycles. The number of hydrogen-bond acceptors (Lipinski definition) is 3. The van der Waals surface area contributed by atoms with Crippen molar-refractivity contribution in [3.63, 3.8) is 0 Å². The van der Waals surface area contributed by atoms with E-state index in [0.717, 1.165) is 18.4 Å². The van der Waals surface area contributed by atoms with Gasteiger partial charge < -0.3 is 15.2 Å². The van der Waals surface area contributed by atoms with Gasteiger partial charge in [0.05, 0.1) is 18.6 Å². The molecule has 5 nitrogen and oxygen atoms in total. The van der Waals surface area contributed by atoms with E-state index >= 15 is 0 Å². The summed E-state index contributed by atoms with van der Waals surface area (Å²) < 4.78 is 5.19. The number of carboxylic acid groups (broad SMARTS) is 1. The Labute approximate surface area is 141 Å². The zero-order valence-corrected chi connectivity index (χ0v) is 13.9. The molecule has 1 saturated carbocycles. The molecular weight excluding hydrogens is 318 g/mol. The molecule has 0 radical (unpaired) electrons. The molecule has 0 saturated heterocycles. The quantitative estimate of drug-likeness (QED) is 0.835. The Morgan fingerprint density at radius 1 is 1.30 bits per heavy atom. The summed E-state index contributed by atoms with van der Waals surface area (Å²) in [7, 11) is 1.58. The SMILES string of the molecule is COCC(NC(=O)C1CCCC(C(=O)O)C1)c1ccc(Cl)cc1. The minimum atomic E-state index is -0.811. The van der Waals surface area contributed by atoms with E-state index in [1.807, 2.05) is 12.1 Å². The van der Waals surface area contributed by atoms with E-state index in [0.29, 0.717) is 24.5 Å². The van der Waals surface area contributed by atoms with Gasteiger partial charge in [-0.15, -0.1) is 0 Å². The van der Waals surface area contributed by atoms with E-state index in [4.69, 9.17) is 21.4 Å². The highest BCUT2D eigenvalue weighted by Gasteiger charge is 2.32. The molecule has 126 valence electrons. The summed E-state index contributed by atoms with van der Waals surface area (Å²) in [5, 5.41) is 12.8. The molecular formula is C17H22ClNO4. The number of aliphatic carboxylic acids is 1. The van der Waals surface area contributed by atoms with Crippen LogP contribution in [0.1, 0.15) is 37.3 Å². The number of benzene rings is 1. The van der Waals surface area contributed by atoms with Gasteiger partial charge in [0.1, 0.15) is 0 Å². The fourth-order valence-corrected chi connectivity index (χ4v) is 3.15. The molecule has 1 aliphatic carbocycles. The maximum atomic E-state index is 12.5. The van der Waals surface area contributed by atoms with Crippen molar-refractivity contribution in [1.29, 1.82) is 0 Å². The number of carbonyl (C=O) groups excluding carboxylic acids is 1. The summed E-state index contributed by atoms with van der Waals surface area (Å²) >= 11 is 5.89. The van der Waals surface area contributed by atoms with Gasteiger partial charge in [-0.3, -0.25) is 9.59 Å². The van der Waals surface area contributed by atoms with Crippen LogP contribution in [0.25, 0.3) is 0 Å². The third kappa shape index (κ3) is 4.94. The van der Waals surface area contributed by atoms with E-state index in [9.17, 15) is 9.59 Å². The minimum absolute atomic E-state index is 0.104. The molecule has 1 fully saturated rings. The predicted octanol–water partition coefficient (Wildman–Crippen LogP) is 3.03. The third-order valence-corrected chi connectivity index (χ3v) is 4.57. The van der Waals surface area contributed by atoms with Gasteiger partial charge in [0.2, 0.25) is 5.91 Å². The number of nitrogens with one attached hydrogen (secondary N) is 1. The van der Waals surface area contributed by atoms with Crippen LogP contribution in [0.5, 0.6) is 0 Å². The molecule has 1 aromatic rings. The van der Waals surface area contributed by atoms with Crippen LogP contribution in [0.2, 0.25) is 5.02 Å². The fourth-order valence-electron chi connectivity index (χ4n) is 3.02. The van der Waals surface area contributed by atoms with Gasteiger partial charge in [-0.25, -0.2) is 0 Å². The average Bonchev–Trinajstić information content (AvgIpc) is 2.55. The molecule has 0 spiro atoms. The maximum absolute atomic E-state index is 12.5. The molecule has 2 N–H and O–H groups in total. The largest absolute Gasteiger partial charge is 0.481 e. The number of amides is 1. The Hall–Kier alpha value is -1.59. The summed E-state index contributed by atoms with van der Waals surface area (Å²) in [6.45, 7) is 0.350. The molecule has 3 unspecified atom stereocenters. The summed E-state index contributed by atoms with van der Waals surface area (Å²) in [6, 6.07) is 6.98. The fraction of sp³-hybridized carbons (Fsp3) is 0.529. The van der Waals surface area contributed by atoms with E-state index in [1.165, 1.54) is 0 Å². The van der Waals surface area contributed by atoms with Gasteiger partial charge in [0, 0.05) is 18.1 Å². The lowest BCUT2D eigenvalue weighted by atomic mass is 9.81. The Morgan fingerprint density at radius 3 is 2.57 bits per heavy atom. The van der Waals surface area contributed by atoms with Gasteiger partial charge in [-0.1, -0.05) is 30.2 Å². The smallest absolute Gasteiger partial charge is 0.306 e. The van der Waals surface area contributed by atoms with Crippen LogP contribution >= 0.6 is 11.6 Å². The Kier molecular flexibility index (Phi) is 6.42. The zero-order chi connectivity index (χ0) is 16.8. The molecule has 23 heavy (non-hydrogen) atoms. The molecule has 0 aromatic heterocycles. The van der Waals surface area contributed by atoms with Gasteiger partial charge >= 0.3 is 5.97 Å². The number of methoxy groups -OCH3 is 1. The van der Waals surface area contributed by atoms with Crippen molar-refractivity contribution in [3.8, 4) is 0 Å². The number of rotatable bonds is 6. The highest BCUT2D eigenvalue weighted by molar-refractivity contribution is 6.30. The molecule has 0 bridgehead atoms. The van der Waals surface area contributed by atoms with Crippen LogP contribution in [0.4, 0.5) is 0 Å². The lowest BCUT2D eigenvalue weighted by Gasteiger charge is -2.28. The van der Waals surface area contributed by atoms with Crippen LogP contribution in [0.3, 0.4) is 0 Å². The van der Waals surface area contributed by atoms with Crippen molar-refractivity contribution in [2.45, 2.75) is 31.7 Å². The predicted molar refractivity (Wildman–Crippen MR) is 87.3 cm³/mol. The van der Waals surface area contributed by atoms with Crippen molar-refractivity contribution in [3.05, 3.63) is 34.9 Å². The molecule has 1 amide bonds. The topological polar surface area (TPSA) is 75.6 Å². The molecule has 6 heteroatoms. The van der Waals surface area contributed by atoms with Crippen molar-refractivity contribution in [2.75, 3.05) is 13.7 Å². The summed E-state index contributed by atoms with van der Waals surface area (Å²) in [5.74, 6) is -1.59. The van der Waals surface area contributed by atoms with Crippen molar-refractivity contribution in [1.82, 2.24) is 5.32 Å². The molecule has 1 aliphatic rings. The highest BCUT2D eigenvalue weighted by Crippen LogP contribution is 2.30. The lowest BCUT2D eigenvalue weighted by molar-refractivity contribution is -0.144. The maximum Gasteiger partial charge on any atom is 0.306 e. The number of carboxylic acids is 1. The highest BCUT2D eigenvalue weighted by atomic mass is 35.5. The van der Waals surface area contributed by atoms with E-state index in [1.54, 1.807) is 19.2 Å². The number of ether oxygens (including phenoxy) is 1. The van der Waals surface area contributed by atoms with Gasteiger partial charge in [-0.05, 0) is 37.0 Å². The Morgan fingerprint density at radius 2 is 1.96 bits per heavy atom.